The Bertz CT molecular complexity index is 746. The zero-order valence-corrected chi connectivity index (χ0v) is 16.9. The number of aromatic nitrogens is 1. The molecule has 0 spiro atoms. The summed E-state index contributed by atoms with van der Waals surface area (Å²) in [5.74, 6) is 0.520. The van der Waals surface area contributed by atoms with E-state index in [1.165, 1.54) is 0 Å². The smallest absolute Gasteiger partial charge is 0.213 e. The summed E-state index contributed by atoms with van der Waals surface area (Å²) in [4.78, 5) is 6.27. The molecule has 1 heterocycles. The predicted molar refractivity (Wildman–Crippen MR) is 114 cm³/mol. The van der Waals surface area contributed by atoms with Crippen LogP contribution in [0, 0.1) is 0 Å². The summed E-state index contributed by atoms with van der Waals surface area (Å²) < 4.78 is 15.9. The maximum atomic E-state index is 8.57. The van der Waals surface area contributed by atoms with Gasteiger partial charge >= 0.3 is 0 Å². The first-order valence-electron chi connectivity index (χ1n) is 9.38. The molecule has 29 heavy (non-hydrogen) atoms. The van der Waals surface area contributed by atoms with Crippen molar-refractivity contribution >= 4 is 18.1 Å². The molecule has 0 unspecified atom stereocenters. The summed E-state index contributed by atoms with van der Waals surface area (Å²) in [6.45, 7) is 2.11. The van der Waals surface area contributed by atoms with Crippen molar-refractivity contribution in [1.82, 2.24) is 4.98 Å². The first-order chi connectivity index (χ1) is 14.2. The number of pyridine rings is 1. The Kier molecular flexibility index (Phi) is 10.4. The van der Waals surface area contributed by atoms with Crippen molar-refractivity contribution in [2.75, 3.05) is 58.6 Å². The van der Waals surface area contributed by atoms with E-state index < -0.39 is 0 Å². The second kappa shape index (κ2) is 13.4. The van der Waals surface area contributed by atoms with Gasteiger partial charge in [-0.3, -0.25) is 0 Å². The number of benzene rings is 1. The Morgan fingerprint density at radius 3 is 2.10 bits per heavy atom. The van der Waals surface area contributed by atoms with Crippen LogP contribution < -0.4 is 9.64 Å². The SMILES string of the molecule is CN(C)c1ccc(/C=N/N=C/c2ccc(OCCOCCOCCO)nc2)cc1. The van der Waals surface area contributed by atoms with E-state index in [1.807, 2.05) is 49.3 Å². The first-order valence-corrected chi connectivity index (χ1v) is 9.38. The molecule has 0 saturated heterocycles. The topological polar surface area (TPSA) is 88.8 Å². The van der Waals surface area contributed by atoms with E-state index in [-0.39, 0.29) is 6.61 Å². The van der Waals surface area contributed by atoms with Crippen LogP contribution in [0.1, 0.15) is 11.1 Å². The van der Waals surface area contributed by atoms with Crippen LogP contribution in [0.2, 0.25) is 0 Å². The minimum absolute atomic E-state index is 0.0205. The minimum atomic E-state index is 0.0205. The van der Waals surface area contributed by atoms with E-state index in [2.05, 4.69) is 15.2 Å². The lowest BCUT2D eigenvalue weighted by Gasteiger charge is -2.11. The van der Waals surface area contributed by atoms with Gasteiger partial charge in [-0.15, -0.1) is 0 Å². The van der Waals surface area contributed by atoms with Crippen molar-refractivity contribution in [2.45, 2.75) is 0 Å². The fourth-order valence-corrected chi connectivity index (χ4v) is 2.20. The molecule has 0 saturated carbocycles. The maximum Gasteiger partial charge on any atom is 0.213 e. The summed E-state index contributed by atoms with van der Waals surface area (Å²) in [7, 11) is 4.01. The van der Waals surface area contributed by atoms with E-state index in [0.717, 1.165) is 16.8 Å². The predicted octanol–water partition coefficient (Wildman–Crippen LogP) is 2.00. The molecule has 2 rings (SSSR count). The molecule has 1 aromatic heterocycles. The average molecular weight is 400 g/mol. The van der Waals surface area contributed by atoms with Gasteiger partial charge in [0.05, 0.1) is 45.5 Å². The van der Waals surface area contributed by atoms with Crippen molar-refractivity contribution in [3.05, 3.63) is 53.7 Å². The van der Waals surface area contributed by atoms with Crippen molar-refractivity contribution < 1.29 is 19.3 Å². The van der Waals surface area contributed by atoms with Crippen LogP contribution in [0.15, 0.2) is 52.8 Å². The van der Waals surface area contributed by atoms with Gasteiger partial charge in [-0.05, 0) is 23.8 Å². The van der Waals surface area contributed by atoms with Crippen LogP contribution >= 0.6 is 0 Å². The van der Waals surface area contributed by atoms with E-state index in [1.54, 1.807) is 24.7 Å². The molecule has 156 valence electrons. The molecule has 0 aliphatic carbocycles. The maximum absolute atomic E-state index is 8.57. The Hall–Kier alpha value is -2.81. The highest BCUT2D eigenvalue weighted by molar-refractivity contribution is 5.82. The van der Waals surface area contributed by atoms with E-state index in [4.69, 9.17) is 19.3 Å². The highest BCUT2D eigenvalue weighted by atomic mass is 16.5. The Labute approximate surface area is 171 Å². The van der Waals surface area contributed by atoms with Crippen LogP contribution in [-0.2, 0) is 9.47 Å². The van der Waals surface area contributed by atoms with E-state index >= 15 is 0 Å². The van der Waals surface area contributed by atoms with Gasteiger partial charge in [0.15, 0.2) is 0 Å². The molecule has 0 amide bonds. The molecule has 0 radical (unpaired) electrons. The van der Waals surface area contributed by atoms with Crippen LogP contribution in [0.5, 0.6) is 5.88 Å². The molecule has 0 aliphatic rings. The molecular weight excluding hydrogens is 372 g/mol. The van der Waals surface area contributed by atoms with E-state index in [0.29, 0.717) is 38.9 Å². The first kappa shape index (κ1) is 22.5. The molecule has 8 nitrogen and oxygen atoms in total. The standard InChI is InChI=1S/C21H28N4O4/c1-25(2)20-6-3-18(4-7-20)16-23-24-17-19-5-8-21(22-15-19)29-14-13-28-12-11-27-10-9-26/h3-8,15-17,26H,9-14H2,1-2H3/b23-16+,24-17+. The molecule has 0 fully saturated rings. The highest BCUT2D eigenvalue weighted by Gasteiger charge is 1.97. The van der Waals surface area contributed by atoms with Gasteiger partial charge in [-0.1, -0.05) is 12.1 Å². The van der Waals surface area contributed by atoms with Gasteiger partial charge in [0.1, 0.15) is 6.61 Å². The van der Waals surface area contributed by atoms with Crippen LogP contribution in [0.25, 0.3) is 0 Å². The summed E-state index contributed by atoms with van der Waals surface area (Å²) in [5.41, 5.74) is 2.95. The fraction of sp³-hybridized carbons (Fsp3) is 0.381. The summed E-state index contributed by atoms with van der Waals surface area (Å²) in [6.07, 6.45) is 5.01. The zero-order chi connectivity index (χ0) is 20.7. The monoisotopic (exact) mass is 400 g/mol. The van der Waals surface area contributed by atoms with Crippen molar-refractivity contribution in [2.24, 2.45) is 10.2 Å². The number of anilines is 1. The van der Waals surface area contributed by atoms with Gasteiger partial charge < -0.3 is 24.2 Å². The molecule has 0 atom stereocenters. The number of hydrogen-bond acceptors (Lipinski definition) is 8. The lowest BCUT2D eigenvalue weighted by Crippen LogP contribution is -2.12. The molecular formula is C21H28N4O4. The summed E-state index contributed by atoms with van der Waals surface area (Å²) >= 11 is 0. The molecule has 0 aliphatic heterocycles. The third-order valence-corrected chi connectivity index (χ3v) is 3.73. The van der Waals surface area contributed by atoms with Crippen molar-refractivity contribution in [3.63, 3.8) is 0 Å². The largest absolute Gasteiger partial charge is 0.475 e. The van der Waals surface area contributed by atoms with Crippen molar-refractivity contribution in [1.29, 1.82) is 0 Å². The number of rotatable bonds is 13. The van der Waals surface area contributed by atoms with Gasteiger partial charge in [-0.2, -0.15) is 10.2 Å². The lowest BCUT2D eigenvalue weighted by atomic mass is 10.2. The van der Waals surface area contributed by atoms with Crippen LogP contribution in [0.3, 0.4) is 0 Å². The normalized spacial score (nSPS) is 11.4. The summed E-state index contributed by atoms with van der Waals surface area (Å²) in [6, 6.07) is 11.7. The molecule has 1 aromatic carbocycles. The Morgan fingerprint density at radius 2 is 1.48 bits per heavy atom. The third kappa shape index (κ3) is 9.29. The van der Waals surface area contributed by atoms with Crippen LogP contribution in [-0.4, -0.2) is 76.3 Å². The second-order valence-electron chi connectivity index (χ2n) is 6.20. The highest BCUT2D eigenvalue weighted by Crippen LogP contribution is 2.11. The lowest BCUT2D eigenvalue weighted by molar-refractivity contribution is 0.0243. The number of aliphatic hydroxyl groups excluding tert-OH is 1. The number of nitrogens with zero attached hydrogens (tertiary/aromatic N) is 4. The van der Waals surface area contributed by atoms with Gasteiger partial charge in [0, 0.05) is 37.6 Å². The molecule has 2 aromatic rings. The number of hydrogen-bond donors (Lipinski definition) is 1. The average Bonchev–Trinajstić information content (AvgIpc) is 2.74. The second-order valence-corrected chi connectivity index (χ2v) is 6.20. The number of aliphatic hydroxyl groups is 1. The third-order valence-electron chi connectivity index (χ3n) is 3.73. The fourth-order valence-electron chi connectivity index (χ4n) is 2.20. The molecule has 8 heteroatoms. The minimum Gasteiger partial charge on any atom is -0.475 e. The van der Waals surface area contributed by atoms with E-state index in [9.17, 15) is 0 Å². The number of ether oxygens (including phenoxy) is 3. The van der Waals surface area contributed by atoms with Crippen molar-refractivity contribution in [3.8, 4) is 5.88 Å². The summed E-state index contributed by atoms with van der Waals surface area (Å²) in [5, 5.41) is 16.7. The van der Waals surface area contributed by atoms with Gasteiger partial charge in [0.25, 0.3) is 0 Å². The Morgan fingerprint density at radius 1 is 0.862 bits per heavy atom. The molecule has 1 N–H and O–H groups in total. The quantitative estimate of drug-likeness (QED) is 0.314. The Balaban J connectivity index is 1.67. The molecule has 0 bridgehead atoms. The zero-order valence-electron chi connectivity index (χ0n) is 16.9. The van der Waals surface area contributed by atoms with Gasteiger partial charge in [0.2, 0.25) is 5.88 Å². The van der Waals surface area contributed by atoms with Gasteiger partial charge in [-0.25, -0.2) is 4.98 Å². The van der Waals surface area contributed by atoms with Crippen LogP contribution in [0.4, 0.5) is 5.69 Å².